The molecule has 42 heavy (non-hydrogen) atoms. The van der Waals surface area contributed by atoms with Gasteiger partial charge in [0.1, 0.15) is 0 Å². The first-order valence-electron chi connectivity index (χ1n) is 17.2. The molecule has 0 aromatic heterocycles. The Bertz CT molecular complexity index is 529. The van der Waals surface area contributed by atoms with E-state index in [4.69, 9.17) is 0 Å². The van der Waals surface area contributed by atoms with Crippen LogP contribution < -0.4 is 10.2 Å². The second-order valence-corrected chi connectivity index (χ2v) is 11.4. The van der Waals surface area contributed by atoms with Gasteiger partial charge in [0.2, 0.25) is 0 Å². The maximum atomic E-state index is 10.2. The van der Waals surface area contributed by atoms with Crippen LogP contribution in [0.1, 0.15) is 194 Å². The monoisotopic (exact) mass is 776 g/mol. The van der Waals surface area contributed by atoms with Gasteiger partial charge in [0.05, 0.1) is 0 Å². The molecule has 0 bridgehead atoms. The van der Waals surface area contributed by atoms with Crippen LogP contribution in [0.15, 0.2) is 24.3 Å². The molecule has 0 atom stereocenters. The predicted octanol–water partition coefficient (Wildman–Crippen LogP) is 9.54. The quantitative estimate of drug-likeness (QED) is 0.0414. The minimum absolute atomic E-state index is 0. The number of carbonyl (C=O) groups excluding carboxylic acids is 2. The summed E-state index contributed by atoms with van der Waals surface area (Å²) in [4.78, 5) is 20.4. The molecule has 0 aromatic carbocycles. The van der Waals surface area contributed by atoms with E-state index in [1.807, 2.05) is 0 Å². The van der Waals surface area contributed by atoms with Gasteiger partial charge in [-0.3, -0.25) is 0 Å². The molecule has 4 nitrogen and oxygen atoms in total. The number of hydrogen-bond acceptors (Lipinski definition) is 4. The van der Waals surface area contributed by atoms with Crippen LogP contribution in [0, 0.1) is 0 Å². The molecule has 0 aliphatic rings. The molecule has 0 aromatic rings. The third-order valence-corrected chi connectivity index (χ3v) is 7.29. The molecule has 0 N–H and O–H groups in total. The van der Waals surface area contributed by atoms with E-state index in [2.05, 4.69) is 38.2 Å². The Balaban J connectivity index is -0.000000328. The summed E-state index contributed by atoms with van der Waals surface area (Å²) in [5.74, 6) is -1.83. The molecule has 256 valence electrons. The first kappa shape index (κ1) is 48.8. The summed E-state index contributed by atoms with van der Waals surface area (Å²) in [6.45, 7) is 4.51. The van der Waals surface area contributed by atoms with E-state index < -0.39 is 11.9 Å². The Morgan fingerprint density at radius 3 is 0.833 bits per heavy atom. The van der Waals surface area contributed by atoms with Crippen LogP contribution in [-0.4, -0.2) is 11.9 Å². The van der Waals surface area contributed by atoms with Crippen molar-refractivity contribution in [1.82, 2.24) is 0 Å². The largest absolute Gasteiger partial charge is 1.00 e. The number of hydrogen-bond donors (Lipinski definition) is 0. The number of aliphatic carboxylic acids is 2. The maximum absolute atomic E-state index is 10.2. The third-order valence-electron chi connectivity index (χ3n) is 7.29. The van der Waals surface area contributed by atoms with Crippen LogP contribution >= 0.6 is 0 Å². The maximum Gasteiger partial charge on any atom is 1.00 e. The molecule has 0 aliphatic heterocycles. The molecule has 0 spiro atoms. The second-order valence-electron chi connectivity index (χ2n) is 11.4. The number of carboxylic acids is 2. The van der Waals surface area contributed by atoms with Gasteiger partial charge in [-0.2, -0.15) is 0 Å². The van der Waals surface area contributed by atoms with Crippen molar-refractivity contribution in [2.45, 2.75) is 194 Å². The fourth-order valence-corrected chi connectivity index (χ4v) is 4.68. The molecule has 0 unspecified atom stereocenters. The van der Waals surface area contributed by atoms with Crippen molar-refractivity contribution in [2.24, 2.45) is 0 Å². The van der Waals surface area contributed by atoms with Crippen molar-refractivity contribution < 1.29 is 64.6 Å². The Hall–Kier alpha value is -0.0995. The van der Waals surface area contributed by atoms with E-state index in [1.54, 1.807) is 0 Å². The zero-order valence-electron chi connectivity index (χ0n) is 27.3. The minimum atomic E-state index is -0.914. The van der Waals surface area contributed by atoms with E-state index >= 15 is 0 Å². The topological polar surface area (TPSA) is 80.3 Å². The summed E-state index contributed by atoms with van der Waals surface area (Å²) in [7, 11) is 0. The van der Waals surface area contributed by atoms with Crippen LogP contribution in [-0.2, 0) is 54.3 Å². The Kier molecular flexibility index (Phi) is 52.7. The molecule has 0 saturated heterocycles. The molecule has 0 radical (unpaired) electrons. The minimum Gasteiger partial charge on any atom is -0.550 e. The Morgan fingerprint density at radius 1 is 0.381 bits per heavy atom. The molecule has 6 heteroatoms. The summed E-state index contributed by atoms with van der Waals surface area (Å²) in [5.41, 5.74) is 0. The number of unbranched alkanes of at least 4 members (excludes halogenated alkanes) is 22. The summed E-state index contributed by atoms with van der Waals surface area (Å²) >= 11 is 0. The van der Waals surface area contributed by atoms with E-state index in [9.17, 15) is 19.8 Å². The van der Waals surface area contributed by atoms with Crippen molar-refractivity contribution in [3.8, 4) is 0 Å². The molecular formula is C36H66Ag2O4. The number of carbonyl (C=O) groups is 2. The molecule has 0 fully saturated rings. The van der Waals surface area contributed by atoms with E-state index in [1.165, 1.54) is 128 Å². The van der Waals surface area contributed by atoms with Crippen LogP contribution in [0.3, 0.4) is 0 Å². The first-order chi connectivity index (χ1) is 19.5. The van der Waals surface area contributed by atoms with Gasteiger partial charge in [-0.1, -0.05) is 141 Å². The third kappa shape index (κ3) is 52.5. The molecule has 0 rings (SSSR count). The van der Waals surface area contributed by atoms with E-state index in [0.29, 0.717) is 0 Å². The van der Waals surface area contributed by atoms with E-state index in [-0.39, 0.29) is 57.6 Å². The van der Waals surface area contributed by atoms with Crippen LogP contribution in [0.2, 0.25) is 0 Å². The van der Waals surface area contributed by atoms with Crippen molar-refractivity contribution in [2.75, 3.05) is 0 Å². The van der Waals surface area contributed by atoms with Crippen molar-refractivity contribution >= 4 is 11.9 Å². The SMILES string of the molecule is CCCCCCCCC=CCCCCCCCC(=O)[O-].CCCCCCCCC=CCCCCCCCC(=O)[O-].[Ag+].[Ag+]. The molecule has 0 heterocycles. The fourth-order valence-electron chi connectivity index (χ4n) is 4.68. The summed E-state index contributed by atoms with van der Waals surface area (Å²) < 4.78 is 0. The van der Waals surface area contributed by atoms with E-state index in [0.717, 1.165) is 38.5 Å². The average molecular weight is 779 g/mol. The van der Waals surface area contributed by atoms with Gasteiger partial charge >= 0.3 is 44.8 Å². The van der Waals surface area contributed by atoms with Crippen molar-refractivity contribution in [3.63, 3.8) is 0 Å². The van der Waals surface area contributed by atoms with Crippen LogP contribution in [0.5, 0.6) is 0 Å². The molecule has 0 aliphatic carbocycles. The summed E-state index contributed by atoms with van der Waals surface area (Å²) in [6, 6.07) is 0. The number of rotatable bonds is 30. The van der Waals surface area contributed by atoms with Gasteiger partial charge in [0.25, 0.3) is 0 Å². The second kappa shape index (κ2) is 45.3. The summed E-state index contributed by atoms with van der Waals surface area (Å²) in [5, 5.41) is 20.4. The predicted molar refractivity (Wildman–Crippen MR) is 169 cm³/mol. The van der Waals surface area contributed by atoms with Crippen LogP contribution in [0.25, 0.3) is 0 Å². The standard InChI is InChI=1S/2C18H34O2.2Ag/c2*1-2-3-4-5-6-7-8-9-10-11-12-13-14-15-16-17-18(19)20;;/h2*9-10H,2-8,11-17H2,1H3,(H,19,20);;/q;;2*+1/p-2. The molecule has 0 saturated carbocycles. The first-order valence-corrected chi connectivity index (χ1v) is 17.2. The van der Waals surface area contributed by atoms with Crippen LogP contribution in [0.4, 0.5) is 0 Å². The van der Waals surface area contributed by atoms with Gasteiger partial charge in [0.15, 0.2) is 0 Å². The van der Waals surface area contributed by atoms with Gasteiger partial charge in [-0.15, -0.1) is 0 Å². The van der Waals surface area contributed by atoms with Crippen molar-refractivity contribution in [1.29, 1.82) is 0 Å². The van der Waals surface area contributed by atoms with Gasteiger partial charge in [0, 0.05) is 11.9 Å². The van der Waals surface area contributed by atoms with Gasteiger partial charge in [-0.05, 0) is 77.0 Å². The zero-order chi connectivity index (χ0) is 29.8. The number of carboxylic acid groups (broad SMARTS) is 2. The van der Waals surface area contributed by atoms with Crippen molar-refractivity contribution in [3.05, 3.63) is 24.3 Å². The molecular weight excluding hydrogens is 712 g/mol. The van der Waals surface area contributed by atoms with Gasteiger partial charge < -0.3 is 19.8 Å². The van der Waals surface area contributed by atoms with Gasteiger partial charge in [-0.25, -0.2) is 0 Å². The smallest absolute Gasteiger partial charge is 0.550 e. The zero-order valence-corrected chi connectivity index (χ0v) is 30.3. The molecule has 0 amide bonds. The average Bonchev–Trinajstić information content (AvgIpc) is 2.93. The summed E-state index contributed by atoms with van der Waals surface area (Å²) in [6.07, 6.45) is 41.8. The fraction of sp³-hybridized carbons (Fsp3) is 0.833. The Labute approximate surface area is 292 Å². The normalized spacial score (nSPS) is 10.7. The number of allylic oxidation sites excluding steroid dienone is 4. The Morgan fingerprint density at radius 2 is 0.595 bits per heavy atom.